The van der Waals surface area contributed by atoms with Gasteiger partial charge in [-0.3, -0.25) is 9.59 Å². The highest BCUT2D eigenvalue weighted by Gasteiger charge is 2.34. The molecule has 0 aliphatic carbocycles. The Morgan fingerprint density at radius 3 is 2.75 bits per heavy atom. The molecular formula is C14H16ClFN2O2. The van der Waals surface area contributed by atoms with Gasteiger partial charge in [0.1, 0.15) is 11.9 Å². The third-order valence-electron chi connectivity index (χ3n) is 3.49. The Balaban J connectivity index is 2.22. The molecule has 0 N–H and O–H groups in total. The summed E-state index contributed by atoms with van der Waals surface area (Å²) in [4.78, 5) is 27.2. The van der Waals surface area contributed by atoms with Crippen LogP contribution in [0, 0.1) is 5.82 Å². The Bertz CT molecular complexity index is 550. The van der Waals surface area contributed by atoms with Crippen molar-refractivity contribution in [2.24, 2.45) is 0 Å². The summed E-state index contributed by atoms with van der Waals surface area (Å²) >= 11 is 5.74. The zero-order chi connectivity index (χ0) is 14.9. The molecule has 2 rings (SSSR count). The van der Waals surface area contributed by atoms with Gasteiger partial charge in [-0.05, 0) is 25.1 Å². The van der Waals surface area contributed by atoms with Crippen LogP contribution in [0.2, 0.25) is 5.02 Å². The van der Waals surface area contributed by atoms with Crippen LogP contribution >= 0.6 is 11.6 Å². The van der Waals surface area contributed by atoms with E-state index in [-0.39, 0.29) is 16.8 Å². The van der Waals surface area contributed by atoms with Crippen molar-refractivity contribution in [3.8, 4) is 0 Å². The van der Waals surface area contributed by atoms with Gasteiger partial charge in [-0.25, -0.2) is 4.39 Å². The summed E-state index contributed by atoms with van der Waals surface area (Å²) in [6.07, 6.45) is 0.375. The Kier molecular flexibility index (Phi) is 4.28. The molecule has 1 saturated heterocycles. The maximum atomic E-state index is 13.2. The minimum atomic E-state index is -0.518. The third kappa shape index (κ3) is 2.63. The first-order chi connectivity index (χ1) is 9.45. The van der Waals surface area contributed by atoms with E-state index in [2.05, 4.69) is 0 Å². The van der Waals surface area contributed by atoms with Crippen LogP contribution < -0.4 is 4.90 Å². The molecule has 0 aromatic heterocycles. The lowest BCUT2D eigenvalue weighted by Crippen LogP contribution is -2.57. The summed E-state index contributed by atoms with van der Waals surface area (Å²) < 4.78 is 13.2. The number of carbonyl (C=O) groups is 2. The molecule has 0 bridgehead atoms. The SMILES string of the molecule is CCC(=O)N1CCN(c2ccc(F)c(Cl)c2)C(=O)C1C. The molecule has 0 radical (unpaired) electrons. The lowest BCUT2D eigenvalue weighted by Gasteiger charge is -2.39. The summed E-state index contributed by atoms with van der Waals surface area (Å²) in [5, 5.41) is -0.0185. The van der Waals surface area contributed by atoms with Crippen LogP contribution in [0.15, 0.2) is 18.2 Å². The quantitative estimate of drug-likeness (QED) is 0.841. The lowest BCUT2D eigenvalue weighted by atomic mass is 10.1. The minimum absolute atomic E-state index is 0.0185. The van der Waals surface area contributed by atoms with Crippen molar-refractivity contribution in [2.45, 2.75) is 26.3 Å². The molecule has 1 fully saturated rings. The van der Waals surface area contributed by atoms with Crippen LogP contribution in [0.5, 0.6) is 0 Å². The van der Waals surface area contributed by atoms with Crippen molar-refractivity contribution in [2.75, 3.05) is 18.0 Å². The fourth-order valence-corrected chi connectivity index (χ4v) is 2.50. The Hall–Kier alpha value is -1.62. The normalized spacial score (nSPS) is 19.4. The molecular weight excluding hydrogens is 283 g/mol. The van der Waals surface area contributed by atoms with Crippen LogP contribution in [0.25, 0.3) is 0 Å². The van der Waals surface area contributed by atoms with Gasteiger partial charge in [-0.1, -0.05) is 18.5 Å². The van der Waals surface area contributed by atoms with E-state index in [4.69, 9.17) is 11.6 Å². The van der Waals surface area contributed by atoms with Gasteiger partial charge >= 0.3 is 0 Å². The fourth-order valence-electron chi connectivity index (χ4n) is 2.32. The van der Waals surface area contributed by atoms with E-state index in [0.717, 1.165) is 0 Å². The average Bonchev–Trinajstić information content (AvgIpc) is 2.44. The van der Waals surface area contributed by atoms with Crippen molar-refractivity contribution in [3.05, 3.63) is 29.0 Å². The Labute approximate surface area is 122 Å². The number of benzene rings is 1. The van der Waals surface area contributed by atoms with Crippen LogP contribution in [-0.2, 0) is 9.59 Å². The Morgan fingerprint density at radius 1 is 1.45 bits per heavy atom. The predicted octanol–water partition coefficient (Wildman–Crippen LogP) is 2.45. The summed E-state index contributed by atoms with van der Waals surface area (Å²) in [5.41, 5.74) is 0.553. The number of hydrogen-bond donors (Lipinski definition) is 0. The number of carbonyl (C=O) groups excluding carboxylic acids is 2. The highest BCUT2D eigenvalue weighted by Crippen LogP contribution is 2.25. The molecule has 1 aliphatic heterocycles. The monoisotopic (exact) mass is 298 g/mol. The minimum Gasteiger partial charge on any atom is -0.329 e. The van der Waals surface area contributed by atoms with Crippen LogP contribution in [0.1, 0.15) is 20.3 Å². The van der Waals surface area contributed by atoms with Gasteiger partial charge < -0.3 is 9.80 Å². The Morgan fingerprint density at radius 2 is 2.15 bits per heavy atom. The summed E-state index contributed by atoms with van der Waals surface area (Å²) in [6.45, 7) is 4.32. The maximum absolute atomic E-state index is 13.2. The fraction of sp³-hybridized carbons (Fsp3) is 0.429. The largest absolute Gasteiger partial charge is 0.329 e. The standard InChI is InChI=1S/C14H16ClFN2O2/c1-3-13(19)17-6-7-18(14(20)9(17)2)10-4-5-12(16)11(15)8-10/h4-5,8-9H,3,6-7H2,1-2H3. The van der Waals surface area contributed by atoms with Gasteiger partial charge in [0.25, 0.3) is 0 Å². The molecule has 0 saturated carbocycles. The van der Waals surface area contributed by atoms with Gasteiger partial charge in [0, 0.05) is 25.2 Å². The number of hydrogen-bond acceptors (Lipinski definition) is 2. The van der Waals surface area contributed by atoms with Crippen molar-refractivity contribution in [1.29, 1.82) is 0 Å². The summed E-state index contributed by atoms with van der Waals surface area (Å²) in [6, 6.07) is 3.67. The smallest absolute Gasteiger partial charge is 0.249 e. The van der Waals surface area contributed by atoms with Crippen molar-refractivity contribution in [1.82, 2.24) is 4.90 Å². The van der Waals surface area contributed by atoms with Crippen molar-refractivity contribution >= 4 is 29.1 Å². The molecule has 1 heterocycles. The second kappa shape index (κ2) is 5.79. The highest BCUT2D eigenvalue weighted by molar-refractivity contribution is 6.31. The van der Waals surface area contributed by atoms with Crippen molar-refractivity contribution in [3.63, 3.8) is 0 Å². The summed E-state index contributed by atoms with van der Waals surface area (Å²) in [7, 11) is 0. The van der Waals surface area contributed by atoms with Gasteiger partial charge in [-0.2, -0.15) is 0 Å². The molecule has 1 unspecified atom stereocenters. The van der Waals surface area contributed by atoms with Crippen molar-refractivity contribution < 1.29 is 14.0 Å². The van der Waals surface area contributed by atoms with Gasteiger partial charge in [0.05, 0.1) is 5.02 Å². The first kappa shape index (κ1) is 14.8. The van der Waals surface area contributed by atoms with Crippen LogP contribution in [0.3, 0.4) is 0 Å². The zero-order valence-electron chi connectivity index (χ0n) is 11.4. The van der Waals surface area contributed by atoms with E-state index in [0.29, 0.717) is 25.2 Å². The second-order valence-electron chi connectivity index (χ2n) is 4.70. The topological polar surface area (TPSA) is 40.6 Å². The first-order valence-corrected chi connectivity index (χ1v) is 6.89. The molecule has 1 aromatic rings. The van der Waals surface area contributed by atoms with Crippen LogP contribution in [-0.4, -0.2) is 35.8 Å². The second-order valence-corrected chi connectivity index (χ2v) is 5.11. The first-order valence-electron chi connectivity index (χ1n) is 6.51. The molecule has 108 valence electrons. The highest BCUT2D eigenvalue weighted by atomic mass is 35.5. The zero-order valence-corrected chi connectivity index (χ0v) is 12.2. The lowest BCUT2D eigenvalue weighted by molar-refractivity contribution is -0.140. The number of halogens is 2. The third-order valence-corrected chi connectivity index (χ3v) is 3.78. The maximum Gasteiger partial charge on any atom is 0.249 e. The predicted molar refractivity (Wildman–Crippen MR) is 75.2 cm³/mol. The van der Waals surface area contributed by atoms with E-state index in [9.17, 15) is 14.0 Å². The molecule has 1 aliphatic rings. The molecule has 20 heavy (non-hydrogen) atoms. The van der Waals surface area contributed by atoms with Gasteiger partial charge in [-0.15, -0.1) is 0 Å². The van der Waals surface area contributed by atoms with E-state index < -0.39 is 11.9 Å². The molecule has 0 spiro atoms. The van der Waals surface area contributed by atoms with Crippen LogP contribution in [0.4, 0.5) is 10.1 Å². The summed E-state index contributed by atoms with van der Waals surface area (Å²) in [5.74, 6) is -0.737. The van der Waals surface area contributed by atoms with Gasteiger partial charge in [0.15, 0.2) is 0 Å². The molecule has 6 heteroatoms. The number of rotatable bonds is 2. The van der Waals surface area contributed by atoms with E-state index >= 15 is 0 Å². The number of piperazine rings is 1. The average molecular weight is 299 g/mol. The van der Waals surface area contributed by atoms with E-state index in [1.807, 2.05) is 0 Å². The van der Waals surface area contributed by atoms with Gasteiger partial charge in [0.2, 0.25) is 11.8 Å². The number of amides is 2. The molecule has 4 nitrogen and oxygen atoms in total. The molecule has 1 atom stereocenters. The molecule has 1 aromatic carbocycles. The molecule has 2 amide bonds. The van der Waals surface area contributed by atoms with E-state index in [1.165, 1.54) is 23.1 Å². The number of nitrogens with zero attached hydrogens (tertiary/aromatic N) is 2. The van der Waals surface area contributed by atoms with E-state index in [1.54, 1.807) is 18.7 Å². The number of anilines is 1.